The highest BCUT2D eigenvalue weighted by Crippen LogP contribution is 2.34. The summed E-state index contributed by atoms with van der Waals surface area (Å²) < 4.78 is 10.7. The predicted molar refractivity (Wildman–Crippen MR) is 114 cm³/mol. The maximum Gasteiger partial charge on any atom is 0.268 e. The number of anilines is 1. The normalized spacial score (nSPS) is 11.0. The van der Waals surface area contributed by atoms with Crippen LogP contribution in [0.2, 0.25) is 0 Å². The average molecular weight is 392 g/mol. The highest BCUT2D eigenvalue weighted by molar-refractivity contribution is 7.20. The number of fused-ring (bicyclic) bond motifs is 2. The van der Waals surface area contributed by atoms with E-state index in [1.165, 1.54) is 16.9 Å². The summed E-state index contributed by atoms with van der Waals surface area (Å²) in [6, 6.07) is 15.6. The zero-order valence-corrected chi connectivity index (χ0v) is 17.0. The Morgan fingerprint density at radius 1 is 1.00 bits per heavy atom. The van der Waals surface area contributed by atoms with E-state index in [9.17, 15) is 4.79 Å². The zero-order valence-electron chi connectivity index (χ0n) is 16.1. The van der Waals surface area contributed by atoms with Crippen molar-refractivity contribution in [3.8, 4) is 11.5 Å². The van der Waals surface area contributed by atoms with Crippen LogP contribution < -0.4 is 14.4 Å². The van der Waals surface area contributed by atoms with Crippen LogP contribution in [0, 0.1) is 6.92 Å². The van der Waals surface area contributed by atoms with Crippen LogP contribution in [0.4, 0.5) is 5.69 Å². The van der Waals surface area contributed by atoms with Crippen molar-refractivity contribution in [2.75, 3.05) is 26.2 Å². The van der Waals surface area contributed by atoms with Gasteiger partial charge in [0.15, 0.2) is 0 Å². The summed E-state index contributed by atoms with van der Waals surface area (Å²) in [6.45, 7) is 2.05. The van der Waals surface area contributed by atoms with Crippen LogP contribution in [0.3, 0.4) is 0 Å². The molecular weight excluding hydrogens is 372 g/mol. The molecular formula is C22H20N2O3S. The molecule has 2 heterocycles. The molecule has 0 aliphatic carbocycles. The number of pyridine rings is 1. The number of methoxy groups -OCH3 is 2. The van der Waals surface area contributed by atoms with Crippen molar-refractivity contribution in [1.29, 1.82) is 0 Å². The third-order valence-electron chi connectivity index (χ3n) is 4.72. The summed E-state index contributed by atoms with van der Waals surface area (Å²) in [5, 5.41) is 2.04. The van der Waals surface area contributed by atoms with Gasteiger partial charge in [-0.15, -0.1) is 11.3 Å². The van der Waals surface area contributed by atoms with Gasteiger partial charge in [-0.2, -0.15) is 0 Å². The van der Waals surface area contributed by atoms with E-state index in [1.807, 2.05) is 25.1 Å². The predicted octanol–water partition coefficient (Wildman–Crippen LogP) is 5.05. The number of carbonyl (C=O) groups excluding carboxylic acids is 1. The molecule has 2 aromatic carbocycles. The molecule has 0 fully saturated rings. The number of thiophene rings is 1. The molecule has 28 heavy (non-hydrogen) atoms. The highest BCUT2D eigenvalue weighted by atomic mass is 32.1. The van der Waals surface area contributed by atoms with Gasteiger partial charge >= 0.3 is 0 Å². The van der Waals surface area contributed by atoms with Crippen molar-refractivity contribution in [3.05, 3.63) is 59.0 Å². The Hall–Kier alpha value is -3.12. The van der Waals surface area contributed by atoms with Gasteiger partial charge in [-0.1, -0.05) is 12.1 Å². The van der Waals surface area contributed by atoms with Crippen LogP contribution in [0.25, 0.3) is 21.1 Å². The van der Waals surface area contributed by atoms with Gasteiger partial charge in [0, 0.05) is 23.9 Å². The van der Waals surface area contributed by atoms with Crippen LogP contribution in [0.5, 0.6) is 11.5 Å². The van der Waals surface area contributed by atoms with Crippen LogP contribution in [0.1, 0.15) is 15.2 Å². The minimum absolute atomic E-state index is 0.105. The van der Waals surface area contributed by atoms with Crippen LogP contribution in [-0.4, -0.2) is 32.2 Å². The Labute approximate surface area is 167 Å². The molecule has 0 saturated heterocycles. The molecule has 0 aliphatic rings. The Morgan fingerprint density at radius 2 is 1.82 bits per heavy atom. The second kappa shape index (κ2) is 7.13. The third kappa shape index (κ3) is 3.16. The van der Waals surface area contributed by atoms with Gasteiger partial charge in [0.2, 0.25) is 0 Å². The molecule has 0 atom stereocenters. The fourth-order valence-electron chi connectivity index (χ4n) is 3.18. The molecule has 0 N–H and O–H groups in total. The maximum atomic E-state index is 13.1. The van der Waals surface area contributed by atoms with E-state index < -0.39 is 0 Å². The number of aromatic nitrogens is 1. The third-order valence-corrected chi connectivity index (χ3v) is 5.76. The standard InChI is InChI=1S/C22H20N2O3S/c1-13-5-6-14-10-15-11-20(28-21(15)23-17(14)9-13)22(25)24(2)18-8-7-16(26-3)12-19(18)27-4/h5-12H,1-4H3. The summed E-state index contributed by atoms with van der Waals surface area (Å²) in [5.74, 6) is 1.15. The van der Waals surface area contributed by atoms with Crippen LogP contribution in [0.15, 0.2) is 48.5 Å². The number of nitrogens with zero attached hydrogens (tertiary/aromatic N) is 2. The summed E-state index contributed by atoms with van der Waals surface area (Å²) in [7, 11) is 4.91. The van der Waals surface area contributed by atoms with Crippen molar-refractivity contribution in [2.24, 2.45) is 0 Å². The molecule has 4 aromatic rings. The Balaban J connectivity index is 1.73. The first-order valence-corrected chi connectivity index (χ1v) is 9.63. The van der Waals surface area contributed by atoms with E-state index in [0.29, 0.717) is 22.1 Å². The quantitative estimate of drug-likeness (QED) is 0.488. The van der Waals surface area contributed by atoms with E-state index in [0.717, 1.165) is 21.1 Å². The molecule has 0 radical (unpaired) electrons. The van der Waals surface area contributed by atoms with Crippen molar-refractivity contribution in [2.45, 2.75) is 6.92 Å². The fraction of sp³-hybridized carbons (Fsp3) is 0.182. The summed E-state index contributed by atoms with van der Waals surface area (Å²) in [5.41, 5.74) is 2.79. The molecule has 1 amide bonds. The average Bonchev–Trinajstić information content (AvgIpc) is 3.13. The number of benzene rings is 2. The molecule has 5 nitrogen and oxygen atoms in total. The van der Waals surface area contributed by atoms with Gasteiger partial charge in [0.05, 0.1) is 30.3 Å². The molecule has 142 valence electrons. The SMILES string of the molecule is COc1ccc(N(C)C(=O)c2cc3cc4ccc(C)cc4nc3s2)c(OC)c1. The number of rotatable bonds is 4. The number of ether oxygens (including phenoxy) is 2. The van der Waals surface area contributed by atoms with E-state index in [2.05, 4.69) is 24.3 Å². The van der Waals surface area contributed by atoms with Gasteiger partial charge in [0.1, 0.15) is 16.3 Å². The van der Waals surface area contributed by atoms with Crippen molar-refractivity contribution in [3.63, 3.8) is 0 Å². The summed E-state index contributed by atoms with van der Waals surface area (Å²) >= 11 is 1.40. The lowest BCUT2D eigenvalue weighted by Crippen LogP contribution is -2.25. The van der Waals surface area contributed by atoms with Crippen molar-refractivity contribution >= 4 is 44.1 Å². The molecule has 0 saturated carbocycles. The number of hydrogen-bond donors (Lipinski definition) is 0. The summed E-state index contributed by atoms with van der Waals surface area (Å²) in [6.07, 6.45) is 0. The molecule has 0 bridgehead atoms. The second-order valence-electron chi connectivity index (χ2n) is 6.59. The van der Waals surface area contributed by atoms with Crippen molar-refractivity contribution in [1.82, 2.24) is 4.98 Å². The minimum Gasteiger partial charge on any atom is -0.497 e. The minimum atomic E-state index is -0.105. The number of carbonyl (C=O) groups is 1. The highest BCUT2D eigenvalue weighted by Gasteiger charge is 2.20. The number of hydrogen-bond acceptors (Lipinski definition) is 5. The zero-order chi connectivity index (χ0) is 19.8. The Bertz CT molecular complexity index is 1200. The lowest BCUT2D eigenvalue weighted by atomic mass is 10.1. The number of amides is 1. The fourth-order valence-corrected chi connectivity index (χ4v) is 4.18. The topological polar surface area (TPSA) is 51.7 Å². The van der Waals surface area contributed by atoms with Gasteiger partial charge in [0.25, 0.3) is 5.91 Å². The Morgan fingerprint density at radius 3 is 2.57 bits per heavy atom. The van der Waals surface area contributed by atoms with Gasteiger partial charge in [-0.3, -0.25) is 4.79 Å². The van der Waals surface area contributed by atoms with E-state index >= 15 is 0 Å². The molecule has 6 heteroatoms. The first-order chi connectivity index (χ1) is 13.5. The van der Waals surface area contributed by atoms with Gasteiger partial charge < -0.3 is 14.4 Å². The first kappa shape index (κ1) is 18.3. The Kier molecular flexibility index (Phi) is 4.65. The van der Waals surface area contributed by atoms with Gasteiger partial charge in [-0.25, -0.2) is 4.98 Å². The second-order valence-corrected chi connectivity index (χ2v) is 7.62. The van der Waals surface area contributed by atoms with E-state index in [-0.39, 0.29) is 5.91 Å². The molecule has 0 unspecified atom stereocenters. The van der Waals surface area contributed by atoms with Crippen molar-refractivity contribution < 1.29 is 14.3 Å². The van der Waals surface area contributed by atoms with Crippen LogP contribution >= 0.6 is 11.3 Å². The lowest BCUT2D eigenvalue weighted by Gasteiger charge is -2.19. The van der Waals surface area contributed by atoms with Gasteiger partial charge in [-0.05, 0) is 42.8 Å². The van der Waals surface area contributed by atoms with E-state index in [4.69, 9.17) is 14.5 Å². The number of aryl methyl sites for hydroxylation is 1. The molecule has 4 rings (SSSR count). The molecule has 2 aromatic heterocycles. The maximum absolute atomic E-state index is 13.1. The summed E-state index contributed by atoms with van der Waals surface area (Å²) in [4.78, 5) is 20.9. The van der Waals surface area contributed by atoms with Crippen LogP contribution in [-0.2, 0) is 0 Å². The monoisotopic (exact) mass is 392 g/mol. The first-order valence-electron chi connectivity index (χ1n) is 8.81. The largest absolute Gasteiger partial charge is 0.497 e. The molecule has 0 spiro atoms. The smallest absolute Gasteiger partial charge is 0.268 e. The lowest BCUT2D eigenvalue weighted by molar-refractivity contribution is 0.0996. The van der Waals surface area contributed by atoms with E-state index in [1.54, 1.807) is 32.2 Å². The molecule has 0 aliphatic heterocycles.